The minimum Gasteiger partial charge on any atom is -0.383 e. The normalized spacial score (nSPS) is 12.7. The van der Waals surface area contributed by atoms with E-state index in [4.69, 9.17) is 10.7 Å². The lowest BCUT2D eigenvalue weighted by atomic mass is 9.96. The number of fused-ring (bicyclic) bond motifs is 1. The number of benzene rings is 1. The highest BCUT2D eigenvalue weighted by Gasteiger charge is 2.14. The zero-order chi connectivity index (χ0) is 15.0. The van der Waals surface area contributed by atoms with E-state index in [0.717, 1.165) is 33.6 Å². The number of nitrogen functional groups attached to an aromatic ring is 1. The zero-order valence-corrected chi connectivity index (χ0v) is 13.8. The summed E-state index contributed by atoms with van der Waals surface area (Å²) in [5.41, 5.74) is 10.6. The summed E-state index contributed by atoms with van der Waals surface area (Å²) in [5.74, 6) is 1.12. The third-order valence-electron chi connectivity index (χ3n) is 3.88. The summed E-state index contributed by atoms with van der Waals surface area (Å²) in [6, 6.07) is 12.5. The molecule has 108 valence electrons. The molecule has 2 heterocycles. The fourth-order valence-corrected chi connectivity index (χ4v) is 2.89. The molecule has 0 spiro atoms. The van der Waals surface area contributed by atoms with Crippen molar-refractivity contribution in [3.63, 3.8) is 0 Å². The van der Waals surface area contributed by atoms with Crippen LogP contribution < -0.4 is 5.73 Å². The van der Waals surface area contributed by atoms with Gasteiger partial charge in [0, 0.05) is 17.1 Å². The smallest absolute Gasteiger partial charge is 0.139 e. The summed E-state index contributed by atoms with van der Waals surface area (Å²) in [4.78, 5) is 4.70. The molecule has 0 aliphatic rings. The molecule has 21 heavy (non-hydrogen) atoms. The molecule has 3 aromatic rings. The quantitative estimate of drug-likeness (QED) is 0.768. The highest BCUT2D eigenvalue weighted by Crippen LogP contribution is 2.26. The van der Waals surface area contributed by atoms with E-state index in [1.54, 1.807) is 0 Å². The van der Waals surface area contributed by atoms with Gasteiger partial charge in [0.2, 0.25) is 0 Å². The molecule has 1 atom stereocenters. The minimum absolute atomic E-state index is 0.392. The minimum atomic E-state index is 0.392. The van der Waals surface area contributed by atoms with Gasteiger partial charge in [0.05, 0.1) is 5.69 Å². The van der Waals surface area contributed by atoms with Crippen molar-refractivity contribution in [3.8, 4) is 0 Å². The molecule has 0 radical (unpaired) electrons. The van der Waals surface area contributed by atoms with Crippen LogP contribution in [0.5, 0.6) is 0 Å². The molecule has 0 saturated heterocycles. The van der Waals surface area contributed by atoms with Gasteiger partial charge in [-0.2, -0.15) is 0 Å². The fraction of sp³-hybridized carbons (Fsp3) is 0.235. The maximum Gasteiger partial charge on any atom is 0.139 e. The van der Waals surface area contributed by atoms with Crippen molar-refractivity contribution in [2.24, 2.45) is 0 Å². The second-order valence-electron chi connectivity index (χ2n) is 5.49. The lowest BCUT2D eigenvalue weighted by Gasteiger charge is -2.10. The van der Waals surface area contributed by atoms with Crippen molar-refractivity contribution in [2.45, 2.75) is 26.2 Å². The number of nitrogens with zero attached hydrogens (tertiary/aromatic N) is 2. The monoisotopic (exact) mass is 343 g/mol. The molecule has 1 unspecified atom stereocenters. The Morgan fingerprint density at radius 1 is 1.29 bits per heavy atom. The molecule has 0 aliphatic carbocycles. The Bertz CT molecular complexity index is 778. The van der Waals surface area contributed by atoms with Crippen LogP contribution >= 0.6 is 15.9 Å². The van der Waals surface area contributed by atoms with Crippen molar-refractivity contribution < 1.29 is 0 Å². The summed E-state index contributed by atoms with van der Waals surface area (Å²) < 4.78 is 2.99. The number of imidazole rings is 1. The van der Waals surface area contributed by atoms with E-state index in [0.29, 0.717) is 5.92 Å². The number of aromatic nitrogens is 2. The number of rotatable bonds is 3. The van der Waals surface area contributed by atoms with Crippen LogP contribution in [0.25, 0.3) is 5.65 Å². The molecular formula is C17H18BrN3. The van der Waals surface area contributed by atoms with Crippen molar-refractivity contribution in [2.75, 3.05) is 5.73 Å². The lowest BCUT2D eigenvalue weighted by molar-refractivity contribution is 0.747. The largest absolute Gasteiger partial charge is 0.383 e. The second kappa shape index (κ2) is 5.53. The molecule has 2 N–H and O–H groups in total. The van der Waals surface area contributed by atoms with E-state index in [-0.39, 0.29) is 0 Å². The van der Waals surface area contributed by atoms with Crippen molar-refractivity contribution in [3.05, 3.63) is 63.9 Å². The Balaban J connectivity index is 1.96. The Morgan fingerprint density at radius 2 is 2.00 bits per heavy atom. The topological polar surface area (TPSA) is 43.3 Å². The molecule has 0 aliphatic heterocycles. The maximum absolute atomic E-state index is 6.26. The van der Waals surface area contributed by atoms with Gasteiger partial charge in [-0.05, 0) is 46.0 Å². The third kappa shape index (κ3) is 2.68. The summed E-state index contributed by atoms with van der Waals surface area (Å²) in [6.45, 7) is 4.27. The number of aryl methyl sites for hydroxylation is 1. The van der Waals surface area contributed by atoms with Crippen LogP contribution in [0.2, 0.25) is 0 Å². The van der Waals surface area contributed by atoms with E-state index in [2.05, 4.69) is 60.1 Å². The fourth-order valence-electron chi connectivity index (χ4n) is 2.57. The number of hydrogen-bond acceptors (Lipinski definition) is 2. The first-order valence-corrected chi connectivity index (χ1v) is 7.83. The van der Waals surface area contributed by atoms with Crippen LogP contribution in [0.4, 0.5) is 5.82 Å². The van der Waals surface area contributed by atoms with Gasteiger partial charge in [-0.3, -0.25) is 4.40 Å². The Kier molecular flexibility index (Phi) is 3.72. The summed E-state index contributed by atoms with van der Waals surface area (Å²) in [7, 11) is 0. The highest BCUT2D eigenvalue weighted by atomic mass is 79.9. The van der Waals surface area contributed by atoms with Gasteiger partial charge in [-0.1, -0.05) is 37.3 Å². The molecule has 0 amide bonds. The van der Waals surface area contributed by atoms with Gasteiger partial charge < -0.3 is 5.73 Å². The first-order valence-electron chi connectivity index (χ1n) is 7.03. The van der Waals surface area contributed by atoms with Crippen LogP contribution in [-0.4, -0.2) is 9.38 Å². The Hall–Kier alpha value is -1.81. The predicted octanol–water partition coefficient (Wildman–Crippen LogP) is 4.33. The van der Waals surface area contributed by atoms with E-state index < -0.39 is 0 Å². The molecule has 3 rings (SSSR count). The van der Waals surface area contributed by atoms with E-state index in [9.17, 15) is 0 Å². The Morgan fingerprint density at radius 3 is 2.71 bits per heavy atom. The van der Waals surface area contributed by atoms with E-state index in [1.165, 1.54) is 5.56 Å². The van der Waals surface area contributed by atoms with Crippen LogP contribution in [0.1, 0.15) is 29.7 Å². The number of nitrogens with two attached hydrogens (primary N) is 1. The molecule has 1 aromatic carbocycles. The lowest BCUT2D eigenvalue weighted by Crippen LogP contribution is -2.02. The Labute approximate surface area is 132 Å². The number of hydrogen-bond donors (Lipinski definition) is 1. The standard InChI is InChI=1S/C17H18BrN3/c1-11(13-6-4-3-5-7-13)8-15-17(19)21-10-14(18)12(2)9-16(21)20-15/h3-7,9-11H,8,19H2,1-2H3. The second-order valence-corrected chi connectivity index (χ2v) is 6.35. The van der Waals surface area contributed by atoms with Crippen molar-refractivity contribution in [1.82, 2.24) is 9.38 Å². The van der Waals surface area contributed by atoms with Crippen LogP contribution in [0.3, 0.4) is 0 Å². The summed E-state index contributed by atoms with van der Waals surface area (Å²) in [5, 5.41) is 0. The maximum atomic E-state index is 6.26. The van der Waals surface area contributed by atoms with Crippen LogP contribution in [0, 0.1) is 6.92 Å². The summed E-state index contributed by atoms with van der Waals surface area (Å²) >= 11 is 3.54. The van der Waals surface area contributed by atoms with Gasteiger partial charge >= 0.3 is 0 Å². The number of halogens is 1. The predicted molar refractivity (Wildman–Crippen MR) is 90.6 cm³/mol. The molecular weight excluding hydrogens is 326 g/mol. The molecule has 0 bridgehead atoms. The first-order chi connectivity index (χ1) is 10.1. The first kappa shape index (κ1) is 14.1. The van der Waals surface area contributed by atoms with Crippen LogP contribution in [0.15, 0.2) is 47.1 Å². The number of pyridine rings is 1. The average Bonchev–Trinajstić information content (AvgIpc) is 2.77. The van der Waals surface area contributed by atoms with Gasteiger partial charge in [0.1, 0.15) is 11.5 Å². The average molecular weight is 344 g/mol. The van der Waals surface area contributed by atoms with Gasteiger partial charge in [-0.25, -0.2) is 4.98 Å². The van der Waals surface area contributed by atoms with Gasteiger partial charge in [0.15, 0.2) is 0 Å². The molecule has 0 saturated carbocycles. The molecule has 2 aromatic heterocycles. The zero-order valence-electron chi connectivity index (χ0n) is 12.2. The molecule has 3 nitrogen and oxygen atoms in total. The molecule has 0 fully saturated rings. The van der Waals surface area contributed by atoms with Gasteiger partial charge in [0.25, 0.3) is 0 Å². The number of anilines is 1. The van der Waals surface area contributed by atoms with Crippen LogP contribution in [-0.2, 0) is 6.42 Å². The van der Waals surface area contributed by atoms with E-state index >= 15 is 0 Å². The SMILES string of the molecule is Cc1cc2nc(CC(C)c3ccccc3)c(N)n2cc1Br. The molecule has 4 heteroatoms. The summed E-state index contributed by atoms with van der Waals surface area (Å²) in [6.07, 6.45) is 2.83. The van der Waals surface area contributed by atoms with E-state index in [1.807, 2.05) is 16.7 Å². The van der Waals surface area contributed by atoms with Crippen molar-refractivity contribution in [1.29, 1.82) is 0 Å². The third-order valence-corrected chi connectivity index (χ3v) is 4.71. The highest BCUT2D eigenvalue weighted by molar-refractivity contribution is 9.10. The van der Waals surface area contributed by atoms with Crippen molar-refractivity contribution >= 4 is 27.4 Å². The van der Waals surface area contributed by atoms with Gasteiger partial charge in [-0.15, -0.1) is 0 Å².